The Balaban J connectivity index is 2.38. The first-order valence-electron chi connectivity index (χ1n) is 6.87. The van der Waals surface area contributed by atoms with E-state index in [0.29, 0.717) is 11.3 Å². The molecule has 0 fully saturated rings. The molecule has 21 heavy (non-hydrogen) atoms. The molecule has 0 saturated carbocycles. The molecule has 2 nitrogen and oxygen atoms in total. The standard InChI is InChI=1S/C18H19FO2/c1-12(20)13-9-10-17(15(19)11-13)21-16-8-6-5-7-14(16)18(2,3)4/h5-11H,1-4H3. The normalized spacial score (nSPS) is 11.3. The minimum Gasteiger partial charge on any atom is -0.454 e. The summed E-state index contributed by atoms with van der Waals surface area (Å²) in [6.45, 7) is 7.63. The number of hydrogen-bond acceptors (Lipinski definition) is 2. The number of rotatable bonds is 3. The Labute approximate surface area is 124 Å². The van der Waals surface area contributed by atoms with E-state index in [9.17, 15) is 9.18 Å². The Morgan fingerprint density at radius 2 is 1.71 bits per heavy atom. The smallest absolute Gasteiger partial charge is 0.166 e. The van der Waals surface area contributed by atoms with Crippen molar-refractivity contribution >= 4 is 5.78 Å². The average Bonchev–Trinajstić information content (AvgIpc) is 2.40. The van der Waals surface area contributed by atoms with Crippen molar-refractivity contribution in [3.8, 4) is 11.5 Å². The van der Waals surface area contributed by atoms with Crippen LogP contribution in [0.1, 0.15) is 43.6 Å². The van der Waals surface area contributed by atoms with E-state index in [1.165, 1.54) is 19.1 Å². The summed E-state index contributed by atoms with van der Waals surface area (Å²) in [6, 6.07) is 11.8. The number of carbonyl (C=O) groups is 1. The number of hydrogen-bond donors (Lipinski definition) is 0. The van der Waals surface area contributed by atoms with Crippen molar-refractivity contribution in [2.45, 2.75) is 33.1 Å². The second-order valence-electron chi connectivity index (χ2n) is 6.05. The molecule has 0 N–H and O–H groups in total. The molecule has 0 bridgehead atoms. The lowest BCUT2D eigenvalue weighted by molar-refractivity contribution is 0.101. The quantitative estimate of drug-likeness (QED) is 0.732. The highest BCUT2D eigenvalue weighted by Gasteiger charge is 2.19. The molecule has 0 unspecified atom stereocenters. The Bertz CT molecular complexity index is 669. The molecular weight excluding hydrogens is 267 g/mol. The second kappa shape index (κ2) is 5.68. The van der Waals surface area contributed by atoms with Gasteiger partial charge in [-0.3, -0.25) is 4.79 Å². The number of ether oxygens (including phenoxy) is 1. The van der Waals surface area contributed by atoms with Gasteiger partial charge in [0.15, 0.2) is 17.3 Å². The lowest BCUT2D eigenvalue weighted by Gasteiger charge is -2.22. The van der Waals surface area contributed by atoms with E-state index in [0.717, 1.165) is 5.56 Å². The average molecular weight is 286 g/mol. The highest BCUT2D eigenvalue weighted by Crippen LogP contribution is 2.34. The highest BCUT2D eigenvalue weighted by atomic mass is 19.1. The third-order valence-electron chi connectivity index (χ3n) is 3.25. The van der Waals surface area contributed by atoms with Gasteiger partial charge in [-0.1, -0.05) is 39.0 Å². The maximum absolute atomic E-state index is 14.0. The minimum atomic E-state index is -0.536. The van der Waals surface area contributed by atoms with Gasteiger partial charge in [0.25, 0.3) is 0 Å². The van der Waals surface area contributed by atoms with Gasteiger partial charge in [0, 0.05) is 11.1 Å². The summed E-state index contributed by atoms with van der Waals surface area (Å²) in [4.78, 5) is 11.2. The fraction of sp³-hybridized carbons (Fsp3) is 0.278. The summed E-state index contributed by atoms with van der Waals surface area (Å²) in [5, 5.41) is 0. The minimum absolute atomic E-state index is 0.105. The summed E-state index contributed by atoms with van der Waals surface area (Å²) >= 11 is 0. The Kier molecular flexibility index (Phi) is 4.12. The van der Waals surface area contributed by atoms with Crippen molar-refractivity contribution < 1.29 is 13.9 Å². The van der Waals surface area contributed by atoms with Crippen LogP contribution in [0.5, 0.6) is 11.5 Å². The molecule has 110 valence electrons. The van der Waals surface area contributed by atoms with Crippen molar-refractivity contribution in [1.82, 2.24) is 0 Å². The van der Waals surface area contributed by atoms with E-state index in [4.69, 9.17) is 4.74 Å². The monoisotopic (exact) mass is 286 g/mol. The third-order valence-corrected chi connectivity index (χ3v) is 3.25. The van der Waals surface area contributed by atoms with Gasteiger partial charge in [-0.05, 0) is 36.6 Å². The molecule has 0 radical (unpaired) electrons. The van der Waals surface area contributed by atoms with Gasteiger partial charge < -0.3 is 4.74 Å². The van der Waals surface area contributed by atoms with E-state index in [1.54, 1.807) is 6.07 Å². The predicted molar refractivity (Wildman–Crippen MR) is 81.6 cm³/mol. The highest BCUT2D eigenvalue weighted by molar-refractivity contribution is 5.94. The number of benzene rings is 2. The van der Waals surface area contributed by atoms with Crippen molar-refractivity contribution in [1.29, 1.82) is 0 Å². The topological polar surface area (TPSA) is 26.3 Å². The summed E-state index contributed by atoms with van der Waals surface area (Å²) in [6.07, 6.45) is 0. The number of carbonyl (C=O) groups excluding carboxylic acids is 1. The number of para-hydroxylation sites is 1. The van der Waals surface area contributed by atoms with Gasteiger partial charge in [-0.2, -0.15) is 0 Å². The summed E-state index contributed by atoms with van der Waals surface area (Å²) < 4.78 is 19.8. The van der Waals surface area contributed by atoms with E-state index in [-0.39, 0.29) is 16.9 Å². The lowest BCUT2D eigenvalue weighted by Crippen LogP contribution is -2.12. The lowest BCUT2D eigenvalue weighted by atomic mass is 9.86. The molecular formula is C18H19FO2. The van der Waals surface area contributed by atoms with Crippen LogP contribution in [0.2, 0.25) is 0 Å². The molecule has 3 heteroatoms. The van der Waals surface area contributed by atoms with Gasteiger partial charge in [0.05, 0.1) is 0 Å². The van der Waals surface area contributed by atoms with E-state index in [2.05, 4.69) is 20.8 Å². The second-order valence-corrected chi connectivity index (χ2v) is 6.05. The molecule has 0 spiro atoms. The fourth-order valence-corrected chi connectivity index (χ4v) is 2.10. The van der Waals surface area contributed by atoms with Crippen molar-refractivity contribution in [3.05, 3.63) is 59.4 Å². The largest absolute Gasteiger partial charge is 0.454 e. The van der Waals surface area contributed by atoms with Crippen LogP contribution >= 0.6 is 0 Å². The van der Waals surface area contributed by atoms with E-state index >= 15 is 0 Å². The molecule has 0 heterocycles. The SMILES string of the molecule is CC(=O)c1ccc(Oc2ccccc2C(C)(C)C)c(F)c1. The zero-order valence-corrected chi connectivity index (χ0v) is 12.7. The molecule has 0 saturated heterocycles. The Morgan fingerprint density at radius 3 is 2.29 bits per heavy atom. The zero-order chi connectivity index (χ0) is 15.6. The maximum atomic E-state index is 14.0. The van der Waals surface area contributed by atoms with Crippen molar-refractivity contribution in [3.63, 3.8) is 0 Å². The molecule has 2 rings (SSSR count). The summed E-state index contributed by atoms with van der Waals surface area (Å²) in [5.74, 6) is 0.0399. The van der Waals surface area contributed by atoms with Crippen LogP contribution in [0.4, 0.5) is 4.39 Å². The Hall–Kier alpha value is -2.16. The molecule has 0 aromatic heterocycles. The number of Topliss-reactive ketones (excluding diaryl/α,β-unsaturated/α-hetero) is 1. The van der Waals surface area contributed by atoms with Crippen LogP contribution < -0.4 is 4.74 Å². The summed E-state index contributed by atoms with van der Waals surface area (Å²) in [7, 11) is 0. The van der Waals surface area contributed by atoms with Gasteiger partial charge in [0.2, 0.25) is 0 Å². The molecule has 2 aromatic rings. The van der Waals surface area contributed by atoms with Crippen molar-refractivity contribution in [2.24, 2.45) is 0 Å². The number of halogens is 1. The summed E-state index contributed by atoms with van der Waals surface area (Å²) in [5.41, 5.74) is 1.23. The maximum Gasteiger partial charge on any atom is 0.166 e. The zero-order valence-electron chi connectivity index (χ0n) is 12.7. The van der Waals surface area contributed by atoms with Gasteiger partial charge in [0.1, 0.15) is 5.75 Å². The van der Waals surface area contributed by atoms with Crippen LogP contribution in [-0.2, 0) is 5.41 Å². The Morgan fingerprint density at radius 1 is 1.05 bits per heavy atom. The molecule has 2 aromatic carbocycles. The van der Waals surface area contributed by atoms with Crippen LogP contribution in [0.3, 0.4) is 0 Å². The van der Waals surface area contributed by atoms with Crippen LogP contribution in [0, 0.1) is 5.82 Å². The van der Waals surface area contributed by atoms with Crippen LogP contribution in [0.15, 0.2) is 42.5 Å². The fourth-order valence-electron chi connectivity index (χ4n) is 2.10. The van der Waals surface area contributed by atoms with Gasteiger partial charge in [-0.15, -0.1) is 0 Å². The first-order valence-corrected chi connectivity index (χ1v) is 6.87. The molecule has 0 aliphatic carbocycles. The van der Waals surface area contributed by atoms with E-state index in [1.807, 2.05) is 24.3 Å². The van der Waals surface area contributed by atoms with Crippen LogP contribution in [0.25, 0.3) is 0 Å². The van der Waals surface area contributed by atoms with E-state index < -0.39 is 5.82 Å². The molecule has 0 aliphatic rings. The van der Waals surface area contributed by atoms with Gasteiger partial charge in [-0.25, -0.2) is 4.39 Å². The molecule has 0 atom stereocenters. The predicted octanol–water partition coefficient (Wildman–Crippen LogP) is 5.12. The first-order chi connectivity index (χ1) is 9.79. The number of ketones is 1. The van der Waals surface area contributed by atoms with Crippen LogP contribution in [-0.4, -0.2) is 5.78 Å². The molecule has 0 aliphatic heterocycles. The van der Waals surface area contributed by atoms with Crippen molar-refractivity contribution in [2.75, 3.05) is 0 Å². The molecule has 0 amide bonds. The first kappa shape index (κ1) is 15.2. The third kappa shape index (κ3) is 3.48. The van der Waals surface area contributed by atoms with Gasteiger partial charge >= 0.3 is 0 Å².